The highest BCUT2D eigenvalue weighted by atomic mass is 35.5. The molecule has 1 fully saturated rings. The Morgan fingerprint density at radius 1 is 1.09 bits per heavy atom. The Morgan fingerprint density at radius 3 is 2.45 bits per heavy atom. The minimum atomic E-state index is -1.12. The third-order valence-electron chi connectivity index (χ3n) is 6.24. The maximum Gasteiger partial charge on any atom is 0.304 e. The highest BCUT2D eigenvalue weighted by molar-refractivity contribution is 6.30. The van der Waals surface area contributed by atoms with Crippen molar-refractivity contribution in [2.45, 2.75) is 38.6 Å². The number of aromatic nitrogens is 1. The molecule has 0 spiro atoms. The number of pyridine rings is 1. The van der Waals surface area contributed by atoms with Crippen LogP contribution < -0.4 is 4.90 Å². The highest BCUT2D eigenvalue weighted by Gasteiger charge is 2.51. The lowest BCUT2D eigenvalue weighted by Crippen LogP contribution is -2.53. The Bertz CT molecular complexity index is 1200. The predicted molar refractivity (Wildman–Crippen MR) is 130 cm³/mol. The third kappa shape index (κ3) is 4.75. The number of nitrogens with zero attached hydrogens (tertiary/aromatic N) is 2. The molecule has 4 rings (SSSR count). The second-order valence-corrected chi connectivity index (χ2v) is 9.73. The molecule has 1 amide bonds. The van der Waals surface area contributed by atoms with Crippen LogP contribution in [-0.2, 0) is 9.59 Å². The molecule has 1 N–H and O–H groups in total. The number of carbonyl (C=O) groups excluding carboxylic acids is 1. The van der Waals surface area contributed by atoms with Crippen molar-refractivity contribution in [1.82, 2.24) is 4.98 Å². The van der Waals surface area contributed by atoms with E-state index in [0.29, 0.717) is 22.3 Å². The molecule has 7 heteroatoms. The summed E-state index contributed by atoms with van der Waals surface area (Å²) in [6, 6.07) is 18.2. The Labute approximate surface area is 203 Å². The van der Waals surface area contributed by atoms with E-state index in [1.165, 1.54) is 0 Å². The molecule has 33 heavy (non-hydrogen) atoms. The van der Waals surface area contributed by atoms with Gasteiger partial charge in [-0.15, -0.1) is 0 Å². The van der Waals surface area contributed by atoms with E-state index in [9.17, 15) is 14.7 Å². The van der Waals surface area contributed by atoms with Gasteiger partial charge in [-0.2, -0.15) is 0 Å². The molecule has 3 atom stereocenters. The van der Waals surface area contributed by atoms with E-state index < -0.39 is 17.4 Å². The molecule has 0 bridgehead atoms. The maximum absolute atomic E-state index is 14.0. The summed E-state index contributed by atoms with van der Waals surface area (Å²) in [5, 5.41) is 10.8. The van der Waals surface area contributed by atoms with Crippen molar-refractivity contribution < 1.29 is 14.7 Å². The monoisotopic (exact) mass is 482 g/mol. The summed E-state index contributed by atoms with van der Waals surface area (Å²) in [7, 11) is 0. The number of amides is 1. The number of aliphatic carboxylic acids is 1. The zero-order chi connectivity index (χ0) is 23.8. The fourth-order valence-electron chi connectivity index (χ4n) is 4.74. The van der Waals surface area contributed by atoms with Crippen molar-refractivity contribution >= 4 is 40.9 Å². The number of hydrogen-bond acceptors (Lipinski definition) is 3. The summed E-state index contributed by atoms with van der Waals surface area (Å²) in [6.45, 7) is 3.66. The van der Waals surface area contributed by atoms with Crippen LogP contribution in [0.4, 0.5) is 5.82 Å². The van der Waals surface area contributed by atoms with Crippen LogP contribution in [0.25, 0.3) is 0 Å². The van der Waals surface area contributed by atoms with Crippen LogP contribution in [0.1, 0.15) is 48.4 Å². The van der Waals surface area contributed by atoms with E-state index in [1.807, 2.05) is 49.4 Å². The van der Waals surface area contributed by atoms with Gasteiger partial charge in [0.15, 0.2) is 0 Å². The first-order valence-corrected chi connectivity index (χ1v) is 11.4. The van der Waals surface area contributed by atoms with E-state index in [4.69, 9.17) is 23.2 Å². The molecule has 1 saturated heterocycles. The molecule has 5 nitrogen and oxygen atoms in total. The minimum absolute atomic E-state index is 0.214. The number of carboxylic acid groups (broad SMARTS) is 1. The van der Waals surface area contributed by atoms with Crippen LogP contribution >= 0.6 is 23.2 Å². The van der Waals surface area contributed by atoms with Crippen LogP contribution in [0.5, 0.6) is 0 Å². The van der Waals surface area contributed by atoms with Gasteiger partial charge in [0.25, 0.3) is 0 Å². The van der Waals surface area contributed by atoms with E-state index in [2.05, 4.69) is 4.98 Å². The second-order valence-electron chi connectivity index (χ2n) is 8.86. The SMILES string of the molecule is Cc1ccnc(N2C(=O)[C@@](C)(CC(=O)O)C[C@H](c3cccc(Cl)c3)C2c2ccc(Cl)cc2)c1. The van der Waals surface area contributed by atoms with Gasteiger partial charge < -0.3 is 5.11 Å². The van der Waals surface area contributed by atoms with Crippen molar-refractivity contribution in [2.24, 2.45) is 5.41 Å². The highest BCUT2D eigenvalue weighted by Crippen LogP contribution is 2.52. The molecule has 1 unspecified atom stereocenters. The van der Waals surface area contributed by atoms with Crippen LogP contribution in [-0.4, -0.2) is 22.0 Å². The smallest absolute Gasteiger partial charge is 0.304 e. The van der Waals surface area contributed by atoms with Gasteiger partial charge in [0.05, 0.1) is 17.9 Å². The summed E-state index contributed by atoms with van der Waals surface area (Å²) in [4.78, 5) is 31.9. The molecule has 0 aliphatic carbocycles. The molecule has 0 radical (unpaired) electrons. The first-order valence-electron chi connectivity index (χ1n) is 10.7. The lowest BCUT2D eigenvalue weighted by molar-refractivity contribution is -0.145. The standard InChI is InChI=1S/C26H24Cl2N2O3/c1-16-10-11-29-22(12-16)30-24(17-6-8-19(27)9-7-17)21(18-4-3-5-20(28)13-18)14-26(2,25(30)33)15-23(31)32/h3-13,21,24H,14-15H2,1-2H3,(H,31,32)/t21-,24?,26-/m1/s1. The molecule has 0 saturated carbocycles. The van der Waals surface area contributed by atoms with E-state index in [-0.39, 0.29) is 18.2 Å². The number of carboxylic acids is 1. The number of piperidine rings is 1. The summed E-state index contributed by atoms with van der Waals surface area (Å²) in [6.07, 6.45) is 1.74. The number of hydrogen-bond donors (Lipinski definition) is 1. The Morgan fingerprint density at radius 2 is 1.82 bits per heavy atom. The quantitative estimate of drug-likeness (QED) is 0.454. The lowest BCUT2D eigenvalue weighted by atomic mass is 9.67. The summed E-state index contributed by atoms with van der Waals surface area (Å²) >= 11 is 12.5. The van der Waals surface area contributed by atoms with Gasteiger partial charge in [0.2, 0.25) is 5.91 Å². The molecule has 2 heterocycles. The van der Waals surface area contributed by atoms with Crippen molar-refractivity contribution in [2.75, 3.05) is 4.90 Å². The molecular weight excluding hydrogens is 459 g/mol. The predicted octanol–water partition coefficient (Wildman–Crippen LogP) is 6.44. The van der Waals surface area contributed by atoms with Gasteiger partial charge in [-0.05, 0) is 66.4 Å². The third-order valence-corrected chi connectivity index (χ3v) is 6.73. The number of aryl methyl sites for hydroxylation is 1. The van der Waals surface area contributed by atoms with E-state index >= 15 is 0 Å². The molecule has 170 valence electrons. The fraction of sp³-hybridized carbons (Fsp3) is 0.269. The summed E-state index contributed by atoms with van der Waals surface area (Å²) in [5.41, 5.74) is 1.66. The van der Waals surface area contributed by atoms with Gasteiger partial charge in [0.1, 0.15) is 5.82 Å². The molecule has 1 aliphatic heterocycles. The van der Waals surface area contributed by atoms with Gasteiger partial charge in [0, 0.05) is 22.2 Å². The zero-order valence-electron chi connectivity index (χ0n) is 18.3. The maximum atomic E-state index is 14.0. The molecular formula is C26H24Cl2N2O3. The van der Waals surface area contributed by atoms with Gasteiger partial charge in [-0.25, -0.2) is 4.98 Å². The van der Waals surface area contributed by atoms with E-state index in [1.54, 1.807) is 36.2 Å². The largest absolute Gasteiger partial charge is 0.481 e. The summed E-state index contributed by atoms with van der Waals surface area (Å²) in [5.74, 6) is -1.00. The average molecular weight is 483 g/mol. The molecule has 3 aromatic rings. The normalized spacial score (nSPS) is 22.9. The van der Waals surface area contributed by atoms with Crippen LogP contribution in [0.15, 0.2) is 66.9 Å². The van der Waals surface area contributed by atoms with Crippen molar-refractivity contribution in [3.05, 3.63) is 93.6 Å². The van der Waals surface area contributed by atoms with Gasteiger partial charge >= 0.3 is 5.97 Å². The van der Waals surface area contributed by atoms with Crippen LogP contribution in [0, 0.1) is 12.3 Å². The number of anilines is 1. The Kier molecular flexibility index (Phi) is 6.46. The average Bonchev–Trinajstić information content (AvgIpc) is 2.75. The second kappa shape index (κ2) is 9.16. The van der Waals surface area contributed by atoms with Crippen LogP contribution in [0.2, 0.25) is 10.0 Å². The van der Waals surface area contributed by atoms with Crippen molar-refractivity contribution in [3.8, 4) is 0 Å². The first-order chi connectivity index (χ1) is 15.7. The van der Waals surface area contributed by atoms with E-state index in [0.717, 1.165) is 16.7 Å². The lowest BCUT2D eigenvalue weighted by Gasteiger charge is -2.48. The first kappa shape index (κ1) is 23.3. The van der Waals surface area contributed by atoms with Gasteiger partial charge in [-0.1, -0.05) is 54.4 Å². The van der Waals surface area contributed by atoms with Crippen molar-refractivity contribution in [1.29, 1.82) is 0 Å². The minimum Gasteiger partial charge on any atom is -0.481 e. The van der Waals surface area contributed by atoms with Gasteiger partial charge in [-0.3, -0.25) is 14.5 Å². The van der Waals surface area contributed by atoms with Crippen LogP contribution in [0.3, 0.4) is 0 Å². The number of benzene rings is 2. The Balaban J connectivity index is 1.96. The number of carbonyl (C=O) groups is 2. The summed E-state index contributed by atoms with van der Waals surface area (Å²) < 4.78 is 0. The molecule has 1 aliphatic rings. The Hall–Kier alpha value is -2.89. The fourth-order valence-corrected chi connectivity index (χ4v) is 5.06. The topological polar surface area (TPSA) is 70.5 Å². The molecule has 1 aromatic heterocycles. The zero-order valence-corrected chi connectivity index (χ0v) is 19.8. The number of halogens is 2. The molecule has 2 aromatic carbocycles. The number of rotatable bonds is 5. The van der Waals surface area contributed by atoms with Crippen molar-refractivity contribution in [3.63, 3.8) is 0 Å².